The molecule has 11 heteroatoms. The summed E-state index contributed by atoms with van der Waals surface area (Å²) in [5, 5.41) is 27.9. The minimum Gasteiger partial charge on any atom is -0.469 e. The molecule has 246 valence electrons. The number of anilines is 1. The topological polar surface area (TPSA) is 160 Å². The van der Waals surface area contributed by atoms with Gasteiger partial charge in [-0.05, 0) is 55.4 Å². The van der Waals surface area contributed by atoms with Gasteiger partial charge >= 0.3 is 0 Å². The number of oxazole rings is 2. The second-order valence-electron chi connectivity index (χ2n) is 14.1. The van der Waals surface area contributed by atoms with E-state index in [0.29, 0.717) is 22.9 Å². The van der Waals surface area contributed by atoms with Crippen LogP contribution in [0.1, 0.15) is 88.0 Å². The molecule has 3 aliphatic rings. The first-order chi connectivity index (χ1) is 22.3. The van der Waals surface area contributed by atoms with Crippen LogP contribution in [-0.4, -0.2) is 44.2 Å². The maximum atomic E-state index is 14.0. The number of nitrogens with zero attached hydrogens (tertiary/aromatic N) is 2. The largest absolute Gasteiger partial charge is 0.469 e. The summed E-state index contributed by atoms with van der Waals surface area (Å²) in [6.45, 7) is 10.7. The van der Waals surface area contributed by atoms with Gasteiger partial charge in [-0.3, -0.25) is 9.59 Å². The molecule has 47 heavy (non-hydrogen) atoms. The van der Waals surface area contributed by atoms with Gasteiger partial charge in [-0.2, -0.15) is 0 Å². The number of aliphatic hydroxyl groups excluding tert-OH is 1. The van der Waals surface area contributed by atoms with E-state index in [1.54, 1.807) is 27.7 Å². The number of aliphatic hydroxyl groups is 2. The minimum absolute atomic E-state index is 0.125. The van der Waals surface area contributed by atoms with Gasteiger partial charge in [0.1, 0.15) is 40.9 Å². The van der Waals surface area contributed by atoms with Crippen molar-refractivity contribution in [2.75, 3.05) is 5.32 Å². The van der Waals surface area contributed by atoms with E-state index >= 15 is 0 Å². The first-order valence-electron chi connectivity index (χ1n) is 16.2. The first kappa shape index (κ1) is 31.1. The number of rotatable bonds is 7. The number of Topliss-reactive ketones (excluding diaryl/α,β-unsaturated/α-hetero) is 1. The Morgan fingerprint density at radius 2 is 1.85 bits per heavy atom. The van der Waals surface area contributed by atoms with Gasteiger partial charge in [0, 0.05) is 23.6 Å². The molecule has 1 unspecified atom stereocenters. The van der Waals surface area contributed by atoms with Crippen LogP contribution in [0.15, 0.2) is 57.6 Å². The highest BCUT2D eigenvalue weighted by atomic mass is 16.5. The van der Waals surface area contributed by atoms with Gasteiger partial charge in [0.05, 0.1) is 0 Å². The SMILES string of the molecule is CC(C)[C@H](O)C(=O)C[C@H]1Cc2ccc3c(c2)C2(c4ccccc4N[C@H]2O3)c2oc(nc2-c2nc(C(C)(C)O)co2)[C@H](C(C)C)NC1=O. The summed E-state index contributed by atoms with van der Waals surface area (Å²) in [5.74, 6) is -0.441. The summed E-state index contributed by atoms with van der Waals surface area (Å²) in [5.41, 5.74) is 1.77. The number of ketones is 1. The smallest absolute Gasteiger partial charge is 0.249 e. The van der Waals surface area contributed by atoms with E-state index in [-0.39, 0.29) is 48.1 Å². The van der Waals surface area contributed by atoms with Crippen molar-refractivity contribution < 1.29 is 33.4 Å². The molecule has 4 bridgehead atoms. The fourth-order valence-corrected chi connectivity index (χ4v) is 6.96. The van der Waals surface area contributed by atoms with E-state index < -0.39 is 35.3 Å². The van der Waals surface area contributed by atoms with E-state index in [4.69, 9.17) is 18.6 Å². The van der Waals surface area contributed by atoms with Crippen LogP contribution in [0.5, 0.6) is 5.75 Å². The number of amides is 1. The molecule has 4 N–H and O–H groups in total. The Bertz CT molecular complexity index is 1870. The molecule has 2 aromatic carbocycles. The Balaban J connectivity index is 1.48. The molecule has 0 aliphatic carbocycles. The average Bonchev–Trinajstić information content (AvgIpc) is 3.79. The van der Waals surface area contributed by atoms with Crippen LogP contribution in [0.25, 0.3) is 11.6 Å². The lowest BCUT2D eigenvalue weighted by Gasteiger charge is -2.28. The number of hydrogen-bond acceptors (Lipinski definition) is 10. The summed E-state index contributed by atoms with van der Waals surface area (Å²) in [4.78, 5) is 36.8. The van der Waals surface area contributed by atoms with Gasteiger partial charge in [-0.25, -0.2) is 9.97 Å². The summed E-state index contributed by atoms with van der Waals surface area (Å²) in [6, 6.07) is 13.0. The van der Waals surface area contributed by atoms with Crippen molar-refractivity contribution in [1.29, 1.82) is 0 Å². The highest BCUT2D eigenvalue weighted by molar-refractivity contribution is 5.89. The number of para-hydroxylation sites is 1. The molecule has 0 radical (unpaired) electrons. The van der Waals surface area contributed by atoms with Gasteiger partial charge in [0.2, 0.25) is 17.7 Å². The van der Waals surface area contributed by atoms with E-state index in [1.165, 1.54) is 6.26 Å². The highest BCUT2D eigenvalue weighted by Crippen LogP contribution is 2.59. The summed E-state index contributed by atoms with van der Waals surface area (Å²) in [6.07, 6.45) is -0.231. The van der Waals surface area contributed by atoms with E-state index in [2.05, 4.69) is 15.6 Å². The average molecular weight is 641 g/mol. The Kier molecular flexibility index (Phi) is 7.32. The van der Waals surface area contributed by atoms with Crippen molar-refractivity contribution in [3.63, 3.8) is 0 Å². The van der Waals surface area contributed by atoms with Crippen LogP contribution < -0.4 is 15.4 Å². The van der Waals surface area contributed by atoms with Crippen LogP contribution in [0.4, 0.5) is 5.69 Å². The maximum Gasteiger partial charge on any atom is 0.249 e. The van der Waals surface area contributed by atoms with Gasteiger partial charge in [-0.1, -0.05) is 58.0 Å². The van der Waals surface area contributed by atoms with E-state index in [1.807, 2.05) is 56.3 Å². The van der Waals surface area contributed by atoms with Crippen LogP contribution in [0, 0.1) is 17.8 Å². The molecule has 5 atom stereocenters. The predicted molar refractivity (Wildman–Crippen MR) is 171 cm³/mol. The third-order valence-electron chi connectivity index (χ3n) is 9.57. The Morgan fingerprint density at radius 3 is 2.55 bits per heavy atom. The zero-order valence-electron chi connectivity index (χ0n) is 27.3. The van der Waals surface area contributed by atoms with Gasteiger partial charge in [-0.15, -0.1) is 0 Å². The molecule has 7 rings (SSSR count). The Hall–Kier alpha value is -4.48. The monoisotopic (exact) mass is 640 g/mol. The van der Waals surface area contributed by atoms with Crippen molar-refractivity contribution in [2.24, 2.45) is 17.8 Å². The lowest BCUT2D eigenvalue weighted by Crippen LogP contribution is -2.41. The molecular formula is C36H40N4O7. The molecule has 3 aliphatic heterocycles. The second-order valence-corrected chi connectivity index (χ2v) is 14.1. The lowest BCUT2D eigenvalue weighted by molar-refractivity contribution is -0.135. The fourth-order valence-electron chi connectivity index (χ4n) is 6.96. The molecule has 1 spiro atoms. The number of benzene rings is 2. The Morgan fingerprint density at radius 1 is 1.09 bits per heavy atom. The van der Waals surface area contributed by atoms with Gasteiger partial charge in [0.25, 0.3) is 0 Å². The normalized spacial score (nSPS) is 23.7. The van der Waals surface area contributed by atoms with Crippen molar-refractivity contribution in [3.8, 4) is 17.3 Å². The third-order valence-corrected chi connectivity index (χ3v) is 9.57. The molecule has 5 heterocycles. The summed E-state index contributed by atoms with van der Waals surface area (Å²) >= 11 is 0. The molecule has 4 aromatic rings. The molecular weight excluding hydrogens is 600 g/mol. The van der Waals surface area contributed by atoms with Gasteiger partial charge < -0.3 is 34.4 Å². The number of aromatic nitrogens is 2. The van der Waals surface area contributed by atoms with Crippen LogP contribution in [0.2, 0.25) is 0 Å². The highest BCUT2D eigenvalue weighted by Gasteiger charge is 2.61. The molecule has 11 nitrogen and oxygen atoms in total. The maximum absolute atomic E-state index is 14.0. The zero-order chi connectivity index (χ0) is 33.4. The van der Waals surface area contributed by atoms with E-state index in [9.17, 15) is 19.8 Å². The molecule has 2 aromatic heterocycles. The fraction of sp³-hybridized carbons (Fsp3) is 0.444. The van der Waals surface area contributed by atoms with Crippen LogP contribution in [0.3, 0.4) is 0 Å². The number of carbonyl (C=O) groups is 2. The molecule has 0 saturated carbocycles. The minimum atomic E-state index is -1.27. The number of carbonyl (C=O) groups excluding carboxylic acids is 2. The van der Waals surface area contributed by atoms with E-state index in [0.717, 1.165) is 22.4 Å². The van der Waals surface area contributed by atoms with Crippen molar-refractivity contribution in [1.82, 2.24) is 15.3 Å². The quantitative estimate of drug-likeness (QED) is 0.217. The Labute approximate surface area is 272 Å². The first-order valence-corrected chi connectivity index (χ1v) is 16.2. The van der Waals surface area contributed by atoms with Crippen molar-refractivity contribution >= 4 is 17.4 Å². The van der Waals surface area contributed by atoms with Crippen molar-refractivity contribution in [3.05, 3.63) is 82.8 Å². The second kappa shape index (κ2) is 11.1. The van der Waals surface area contributed by atoms with Crippen molar-refractivity contribution in [2.45, 2.75) is 83.8 Å². The summed E-state index contributed by atoms with van der Waals surface area (Å²) in [7, 11) is 0. The van der Waals surface area contributed by atoms with Gasteiger partial charge in [0.15, 0.2) is 23.5 Å². The standard InChI is InChI=1S/C36H40N4O7/c1-17(2)27-33-40-28(32-38-26(16-45-32)35(5,6)44)30(47-33)36-21-9-7-8-10-23(21)37-34(36)46-25-12-11-19(14-22(25)36)13-20(31(43)39-27)15-24(41)29(42)18(3)4/h7-12,14,16-18,20,27,29,34,37,42,44H,13,15H2,1-6H3,(H,39,43)/t20-,27+,29+,34+,36?/m1/s1. The lowest BCUT2D eigenvalue weighted by atomic mass is 9.72. The van der Waals surface area contributed by atoms with Crippen LogP contribution >= 0.6 is 0 Å². The predicted octanol–water partition coefficient (Wildman–Crippen LogP) is 5.00. The summed E-state index contributed by atoms with van der Waals surface area (Å²) < 4.78 is 19.4. The molecule has 0 fully saturated rings. The number of ether oxygens (including phenoxy) is 1. The zero-order valence-corrected chi connectivity index (χ0v) is 27.3. The third kappa shape index (κ3) is 4.94. The molecule has 1 amide bonds. The number of nitrogens with one attached hydrogen (secondary N) is 2. The number of fused-ring (bicyclic) bond motifs is 4. The van der Waals surface area contributed by atoms with Crippen LogP contribution in [-0.2, 0) is 27.0 Å². The number of hydrogen-bond donors (Lipinski definition) is 4. The molecule has 0 saturated heterocycles.